The second-order valence-electron chi connectivity index (χ2n) is 8.70. The largest absolute Gasteiger partial charge is 0.480 e. The topological polar surface area (TPSA) is 99.6 Å². The van der Waals surface area contributed by atoms with Crippen molar-refractivity contribution in [2.24, 2.45) is 17.8 Å². The summed E-state index contributed by atoms with van der Waals surface area (Å²) in [6.45, 7) is 3.76. The van der Waals surface area contributed by atoms with Crippen LogP contribution in [0.4, 0.5) is 0 Å². The molecule has 1 aliphatic carbocycles. The molecule has 0 aromatic carbocycles. The molecule has 1 saturated carbocycles. The molecule has 2 aliphatic heterocycles. The zero-order valence-corrected chi connectivity index (χ0v) is 17.0. The summed E-state index contributed by atoms with van der Waals surface area (Å²) in [4.78, 5) is 45.6. The van der Waals surface area contributed by atoms with E-state index in [2.05, 4.69) is 10.3 Å². The van der Waals surface area contributed by atoms with Gasteiger partial charge in [-0.1, -0.05) is 45.6 Å². The first-order valence-electron chi connectivity index (χ1n) is 10.7. The molecule has 0 spiro atoms. The molecule has 29 heavy (non-hydrogen) atoms. The lowest BCUT2D eigenvalue weighted by molar-refractivity contribution is -0.155. The maximum atomic E-state index is 13.6. The highest BCUT2D eigenvalue weighted by Gasteiger charge is 2.70. The predicted molar refractivity (Wildman–Crippen MR) is 106 cm³/mol. The van der Waals surface area contributed by atoms with E-state index in [9.17, 15) is 19.5 Å². The number of carbonyl (C=O) groups excluding carboxylic acids is 2. The van der Waals surface area contributed by atoms with Crippen molar-refractivity contribution in [1.82, 2.24) is 15.2 Å². The fourth-order valence-corrected chi connectivity index (χ4v) is 5.66. The minimum absolute atomic E-state index is 0.109. The van der Waals surface area contributed by atoms with Crippen LogP contribution in [0.3, 0.4) is 0 Å². The van der Waals surface area contributed by atoms with Gasteiger partial charge in [0.2, 0.25) is 11.8 Å². The lowest BCUT2D eigenvalue weighted by Gasteiger charge is -2.37. The van der Waals surface area contributed by atoms with Gasteiger partial charge in [-0.25, -0.2) is 0 Å². The summed E-state index contributed by atoms with van der Waals surface area (Å²) in [6, 6.07) is 4.71. The van der Waals surface area contributed by atoms with E-state index in [1.165, 1.54) is 4.90 Å². The van der Waals surface area contributed by atoms with Crippen molar-refractivity contribution >= 4 is 17.8 Å². The number of imide groups is 1. The number of carboxylic acids is 1. The zero-order valence-electron chi connectivity index (χ0n) is 17.0. The monoisotopic (exact) mass is 399 g/mol. The number of carboxylic acid groups (broad SMARTS) is 1. The number of aromatic nitrogens is 1. The van der Waals surface area contributed by atoms with Crippen LogP contribution in [0.15, 0.2) is 24.4 Å². The lowest BCUT2D eigenvalue weighted by Crippen LogP contribution is -2.60. The number of rotatable bonds is 5. The number of fused-ring (bicyclic) bond motifs is 1. The summed E-state index contributed by atoms with van der Waals surface area (Å²) >= 11 is 0. The fraction of sp³-hybridized carbons (Fsp3) is 0.636. The zero-order chi connectivity index (χ0) is 20.8. The van der Waals surface area contributed by atoms with Gasteiger partial charge in [-0.15, -0.1) is 0 Å². The normalized spacial score (nSPS) is 33.7. The van der Waals surface area contributed by atoms with Crippen LogP contribution in [0.25, 0.3) is 0 Å². The smallest absolute Gasteiger partial charge is 0.325 e. The van der Waals surface area contributed by atoms with Crippen molar-refractivity contribution in [1.29, 1.82) is 0 Å². The van der Waals surface area contributed by atoms with Crippen LogP contribution in [0.5, 0.6) is 0 Å². The van der Waals surface area contributed by atoms with Crippen molar-refractivity contribution < 1.29 is 19.5 Å². The second-order valence-corrected chi connectivity index (χ2v) is 8.70. The summed E-state index contributed by atoms with van der Waals surface area (Å²) in [7, 11) is 0. The summed E-state index contributed by atoms with van der Waals surface area (Å²) in [6.07, 6.45) is 6.94. The van der Waals surface area contributed by atoms with E-state index in [0.29, 0.717) is 12.1 Å². The van der Waals surface area contributed by atoms with Crippen molar-refractivity contribution in [3.05, 3.63) is 30.1 Å². The number of nitrogens with one attached hydrogen (secondary N) is 1. The Bertz CT molecular complexity index is 808. The molecule has 0 radical (unpaired) electrons. The molecule has 2 saturated heterocycles. The third-order valence-electron chi connectivity index (χ3n) is 7.32. The Hall–Kier alpha value is -2.28. The number of hydrogen-bond donors (Lipinski definition) is 2. The molecule has 0 bridgehead atoms. The van der Waals surface area contributed by atoms with Crippen LogP contribution in [0.2, 0.25) is 0 Å². The number of nitrogens with zero attached hydrogens (tertiary/aromatic N) is 2. The highest BCUT2D eigenvalue weighted by Crippen LogP contribution is 2.52. The molecule has 2 amide bonds. The van der Waals surface area contributed by atoms with E-state index >= 15 is 0 Å². The van der Waals surface area contributed by atoms with E-state index in [1.807, 2.05) is 19.9 Å². The lowest BCUT2D eigenvalue weighted by atomic mass is 9.72. The molecular weight excluding hydrogens is 370 g/mol. The van der Waals surface area contributed by atoms with Gasteiger partial charge in [-0.3, -0.25) is 29.6 Å². The molecule has 5 atom stereocenters. The van der Waals surface area contributed by atoms with Crippen LogP contribution >= 0.6 is 0 Å². The van der Waals surface area contributed by atoms with Gasteiger partial charge in [0.05, 0.1) is 23.6 Å². The van der Waals surface area contributed by atoms with Gasteiger partial charge in [-0.2, -0.15) is 0 Å². The molecule has 5 unspecified atom stereocenters. The minimum atomic E-state index is -1.47. The van der Waals surface area contributed by atoms with Crippen molar-refractivity contribution in [3.63, 3.8) is 0 Å². The number of likely N-dealkylation sites (tertiary alicyclic amines) is 1. The quantitative estimate of drug-likeness (QED) is 0.738. The van der Waals surface area contributed by atoms with Crippen molar-refractivity contribution in [3.8, 4) is 0 Å². The Labute approximate surface area is 170 Å². The third kappa shape index (κ3) is 2.89. The Morgan fingerprint density at radius 1 is 1.28 bits per heavy atom. The standard InChI is InChI=1S/C22H29N3O4/c1-3-13(2)22(21(28)29)17-16(18(24-22)15-11-7-8-12-23-15)19(26)25(20(17)27)14-9-5-4-6-10-14/h7-8,11-14,16-18,24H,3-6,9-10H2,1-2H3,(H,28,29). The average molecular weight is 399 g/mol. The maximum Gasteiger partial charge on any atom is 0.325 e. The molecule has 1 aromatic rings. The molecule has 156 valence electrons. The van der Waals surface area contributed by atoms with Gasteiger partial charge >= 0.3 is 5.97 Å². The molecule has 1 aromatic heterocycles. The second kappa shape index (κ2) is 7.52. The van der Waals surface area contributed by atoms with Gasteiger partial charge < -0.3 is 5.11 Å². The number of carbonyl (C=O) groups is 3. The molecule has 2 N–H and O–H groups in total. The van der Waals surface area contributed by atoms with Gasteiger partial charge in [0.1, 0.15) is 5.54 Å². The summed E-state index contributed by atoms with van der Waals surface area (Å²) in [5.41, 5.74) is -0.863. The Morgan fingerprint density at radius 3 is 2.59 bits per heavy atom. The first-order valence-corrected chi connectivity index (χ1v) is 10.7. The average Bonchev–Trinajstić information content (AvgIpc) is 3.23. The Morgan fingerprint density at radius 2 is 2.00 bits per heavy atom. The van der Waals surface area contributed by atoms with Gasteiger partial charge in [0.25, 0.3) is 0 Å². The third-order valence-corrected chi connectivity index (χ3v) is 7.32. The van der Waals surface area contributed by atoms with Gasteiger partial charge in [0.15, 0.2) is 0 Å². The van der Waals surface area contributed by atoms with E-state index in [1.54, 1.807) is 18.3 Å². The van der Waals surface area contributed by atoms with Gasteiger partial charge in [-0.05, 0) is 30.9 Å². The van der Waals surface area contributed by atoms with Crippen LogP contribution in [0, 0.1) is 17.8 Å². The van der Waals surface area contributed by atoms with Gasteiger partial charge in [0, 0.05) is 12.2 Å². The number of amides is 2. The SMILES string of the molecule is CCC(C)C1(C(=O)O)NC(c2ccccn2)C2C(=O)N(C3CCCCC3)C(=O)C21. The maximum absolute atomic E-state index is 13.6. The van der Waals surface area contributed by atoms with Crippen LogP contribution in [0.1, 0.15) is 64.1 Å². The van der Waals surface area contributed by atoms with Crippen LogP contribution in [-0.4, -0.2) is 44.4 Å². The first-order chi connectivity index (χ1) is 13.9. The number of aliphatic carboxylic acids is 1. The molecule has 7 heteroatoms. The molecule has 7 nitrogen and oxygen atoms in total. The molecule has 3 aliphatic rings. The number of pyridine rings is 1. The Kier molecular flexibility index (Phi) is 5.19. The van der Waals surface area contributed by atoms with Crippen LogP contribution < -0.4 is 5.32 Å². The minimum Gasteiger partial charge on any atom is -0.480 e. The van der Waals surface area contributed by atoms with Crippen molar-refractivity contribution in [2.45, 2.75) is 70.0 Å². The molecule has 4 rings (SSSR count). The highest BCUT2D eigenvalue weighted by atomic mass is 16.4. The summed E-state index contributed by atoms with van der Waals surface area (Å²) < 4.78 is 0. The predicted octanol–water partition coefficient (Wildman–Crippen LogP) is 2.53. The molecule has 3 fully saturated rings. The van der Waals surface area contributed by atoms with Crippen molar-refractivity contribution in [2.75, 3.05) is 0 Å². The highest BCUT2D eigenvalue weighted by molar-refractivity contribution is 6.09. The summed E-state index contributed by atoms with van der Waals surface area (Å²) in [5, 5.41) is 13.5. The van der Waals surface area contributed by atoms with E-state index < -0.39 is 29.4 Å². The first kappa shape index (κ1) is 20.0. The van der Waals surface area contributed by atoms with E-state index in [4.69, 9.17) is 0 Å². The summed E-state index contributed by atoms with van der Waals surface area (Å²) in [5.74, 6) is -3.57. The van der Waals surface area contributed by atoms with Crippen LogP contribution in [-0.2, 0) is 14.4 Å². The van der Waals surface area contributed by atoms with E-state index in [0.717, 1.165) is 32.1 Å². The van der Waals surface area contributed by atoms with E-state index in [-0.39, 0.29) is 23.8 Å². The Balaban J connectivity index is 1.82. The number of hydrogen-bond acceptors (Lipinski definition) is 5. The molecular formula is C22H29N3O4. The molecule has 3 heterocycles. The fourth-order valence-electron chi connectivity index (χ4n) is 5.66.